The minimum absolute atomic E-state index is 0.493. The summed E-state index contributed by atoms with van der Waals surface area (Å²) in [7, 11) is 0. The van der Waals surface area contributed by atoms with Gasteiger partial charge < -0.3 is 10.6 Å². The summed E-state index contributed by atoms with van der Waals surface area (Å²) in [6.45, 7) is 6.20. The van der Waals surface area contributed by atoms with Gasteiger partial charge in [0.15, 0.2) is 5.11 Å². The van der Waals surface area contributed by atoms with Crippen molar-refractivity contribution < 1.29 is 0 Å². The van der Waals surface area contributed by atoms with E-state index in [4.69, 9.17) is 35.4 Å². The van der Waals surface area contributed by atoms with Crippen molar-refractivity contribution in [2.75, 3.05) is 10.6 Å². The summed E-state index contributed by atoms with van der Waals surface area (Å²) in [5.41, 5.74) is 5.37. The Morgan fingerprint density at radius 2 is 1.52 bits per heavy atom. The topological polar surface area (TPSA) is 24.1 Å². The van der Waals surface area contributed by atoms with Crippen molar-refractivity contribution in [1.82, 2.24) is 0 Å². The van der Waals surface area contributed by atoms with E-state index in [-0.39, 0.29) is 0 Å². The highest BCUT2D eigenvalue weighted by molar-refractivity contribution is 7.80. The van der Waals surface area contributed by atoms with E-state index in [1.54, 1.807) is 12.1 Å². The quantitative estimate of drug-likeness (QED) is 0.684. The van der Waals surface area contributed by atoms with Crippen molar-refractivity contribution in [1.29, 1.82) is 0 Å². The van der Waals surface area contributed by atoms with Crippen LogP contribution in [0.25, 0.3) is 0 Å². The van der Waals surface area contributed by atoms with Gasteiger partial charge in [0.05, 0.1) is 10.0 Å². The number of aryl methyl sites for hydroxylation is 3. The zero-order chi connectivity index (χ0) is 15.6. The van der Waals surface area contributed by atoms with Crippen LogP contribution in [0, 0.1) is 20.8 Å². The molecule has 0 radical (unpaired) electrons. The zero-order valence-corrected chi connectivity index (χ0v) is 14.4. The summed E-state index contributed by atoms with van der Waals surface area (Å²) < 4.78 is 0. The van der Waals surface area contributed by atoms with Crippen LogP contribution < -0.4 is 10.6 Å². The average molecular weight is 339 g/mol. The Morgan fingerprint density at radius 1 is 0.905 bits per heavy atom. The van der Waals surface area contributed by atoms with E-state index in [0.717, 1.165) is 22.5 Å². The molecule has 110 valence electrons. The molecule has 0 atom stereocenters. The summed E-state index contributed by atoms with van der Waals surface area (Å²) >= 11 is 17.2. The summed E-state index contributed by atoms with van der Waals surface area (Å²) in [4.78, 5) is 0. The predicted molar refractivity (Wildman–Crippen MR) is 97.0 cm³/mol. The molecule has 0 amide bonds. The smallest absolute Gasteiger partial charge is 0.175 e. The largest absolute Gasteiger partial charge is 0.332 e. The summed E-state index contributed by atoms with van der Waals surface area (Å²) in [5.74, 6) is 0. The number of benzene rings is 2. The van der Waals surface area contributed by atoms with Gasteiger partial charge in [-0.15, -0.1) is 0 Å². The lowest BCUT2D eigenvalue weighted by Crippen LogP contribution is -2.20. The standard InChI is InChI=1S/C16H16Cl2N2S/c1-9-6-10(2)15(11(3)7-9)20-16(21)19-12-4-5-13(17)14(18)8-12/h4-8H,1-3H3,(H2,19,20,21). The molecule has 0 saturated heterocycles. The highest BCUT2D eigenvalue weighted by Gasteiger charge is 2.07. The third-order valence-electron chi connectivity index (χ3n) is 3.09. The van der Waals surface area contributed by atoms with Gasteiger partial charge in [0.2, 0.25) is 0 Å². The van der Waals surface area contributed by atoms with Gasteiger partial charge in [-0.1, -0.05) is 40.9 Å². The van der Waals surface area contributed by atoms with Crippen molar-refractivity contribution in [2.45, 2.75) is 20.8 Å². The molecule has 0 aliphatic heterocycles. The molecule has 5 heteroatoms. The Hall–Kier alpha value is -1.29. The van der Waals surface area contributed by atoms with Crippen molar-refractivity contribution in [2.24, 2.45) is 0 Å². The Labute approximate surface area is 140 Å². The maximum Gasteiger partial charge on any atom is 0.175 e. The molecule has 0 heterocycles. The first kappa shape index (κ1) is 16.1. The van der Waals surface area contributed by atoms with Crippen LogP contribution >= 0.6 is 35.4 Å². The van der Waals surface area contributed by atoms with Gasteiger partial charge in [0.25, 0.3) is 0 Å². The maximum atomic E-state index is 5.99. The van der Waals surface area contributed by atoms with Crippen LogP contribution in [-0.4, -0.2) is 5.11 Å². The molecule has 0 saturated carbocycles. The van der Waals surface area contributed by atoms with Gasteiger partial charge in [-0.05, 0) is 62.3 Å². The maximum absolute atomic E-state index is 5.99. The van der Waals surface area contributed by atoms with Crippen molar-refractivity contribution >= 4 is 51.9 Å². The predicted octanol–water partition coefficient (Wildman–Crippen LogP) is 5.73. The van der Waals surface area contributed by atoms with Gasteiger partial charge in [0, 0.05) is 11.4 Å². The SMILES string of the molecule is Cc1cc(C)c(NC(=S)Nc2ccc(Cl)c(Cl)c2)c(C)c1. The number of thiocarbonyl (C=S) groups is 1. The fourth-order valence-corrected chi connectivity index (χ4v) is 2.74. The molecule has 2 nitrogen and oxygen atoms in total. The van der Waals surface area contributed by atoms with E-state index in [1.165, 1.54) is 5.56 Å². The summed E-state index contributed by atoms with van der Waals surface area (Å²) in [6.07, 6.45) is 0. The lowest BCUT2D eigenvalue weighted by Gasteiger charge is -2.16. The Balaban J connectivity index is 2.13. The van der Waals surface area contributed by atoms with Crippen LogP contribution in [-0.2, 0) is 0 Å². The number of rotatable bonds is 2. The lowest BCUT2D eigenvalue weighted by molar-refractivity contribution is 1.32. The van der Waals surface area contributed by atoms with Gasteiger partial charge in [-0.3, -0.25) is 0 Å². The first-order chi connectivity index (χ1) is 9.86. The highest BCUT2D eigenvalue weighted by atomic mass is 35.5. The van der Waals surface area contributed by atoms with Crippen molar-refractivity contribution in [3.05, 3.63) is 57.1 Å². The van der Waals surface area contributed by atoms with Crippen LogP contribution in [0.4, 0.5) is 11.4 Å². The molecule has 2 rings (SSSR count). The molecule has 0 aromatic heterocycles. The van der Waals surface area contributed by atoms with E-state index in [1.807, 2.05) is 6.07 Å². The zero-order valence-electron chi connectivity index (χ0n) is 12.1. The summed E-state index contributed by atoms with van der Waals surface area (Å²) in [5, 5.41) is 7.87. The number of hydrogen-bond acceptors (Lipinski definition) is 1. The third-order valence-corrected chi connectivity index (χ3v) is 4.04. The van der Waals surface area contributed by atoms with Crippen molar-refractivity contribution in [3.8, 4) is 0 Å². The first-order valence-electron chi connectivity index (χ1n) is 6.47. The van der Waals surface area contributed by atoms with Gasteiger partial charge >= 0.3 is 0 Å². The van der Waals surface area contributed by atoms with Crippen LogP contribution in [0.3, 0.4) is 0 Å². The van der Waals surface area contributed by atoms with E-state index < -0.39 is 0 Å². The highest BCUT2D eigenvalue weighted by Crippen LogP contribution is 2.26. The normalized spacial score (nSPS) is 10.3. The second-order valence-corrected chi connectivity index (χ2v) is 6.20. The molecule has 2 N–H and O–H groups in total. The van der Waals surface area contributed by atoms with Gasteiger partial charge in [-0.2, -0.15) is 0 Å². The molecule has 0 spiro atoms. The lowest BCUT2D eigenvalue weighted by atomic mass is 10.1. The molecule has 0 aliphatic carbocycles. The summed E-state index contributed by atoms with van der Waals surface area (Å²) in [6, 6.07) is 9.55. The fourth-order valence-electron chi connectivity index (χ4n) is 2.23. The second kappa shape index (κ2) is 6.65. The minimum Gasteiger partial charge on any atom is -0.332 e. The van der Waals surface area contributed by atoms with Crippen LogP contribution in [0.15, 0.2) is 30.3 Å². The number of nitrogens with one attached hydrogen (secondary N) is 2. The van der Waals surface area contributed by atoms with Crippen LogP contribution in [0.2, 0.25) is 10.0 Å². The van der Waals surface area contributed by atoms with Crippen LogP contribution in [0.1, 0.15) is 16.7 Å². The average Bonchev–Trinajstić information content (AvgIpc) is 2.38. The first-order valence-corrected chi connectivity index (χ1v) is 7.64. The third kappa shape index (κ3) is 4.10. The van der Waals surface area contributed by atoms with Gasteiger partial charge in [-0.25, -0.2) is 0 Å². The van der Waals surface area contributed by atoms with E-state index >= 15 is 0 Å². The Morgan fingerprint density at radius 3 is 2.10 bits per heavy atom. The minimum atomic E-state index is 0.493. The van der Waals surface area contributed by atoms with Crippen molar-refractivity contribution in [3.63, 3.8) is 0 Å². The Bertz CT molecular complexity index is 676. The molecule has 21 heavy (non-hydrogen) atoms. The second-order valence-electron chi connectivity index (χ2n) is 4.98. The molecule has 0 bridgehead atoms. The number of hydrogen-bond donors (Lipinski definition) is 2. The molecule has 0 fully saturated rings. The molecule has 2 aromatic rings. The molecule has 0 aliphatic rings. The molecular formula is C16H16Cl2N2S. The molecule has 0 unspecified atom stereocenters. The number of anilines is 2. The van der Waals surface area contributed by atoms with Crippen LogP contribution in [0.5, 0.6) is 0 Å². The molecular weight excluding hydrogens is 323 g/mol. The Kier molecular flexibility index (Phi) is 5.09. The van der Waals surface area contributed by atoms with E-state index in [9.17, 15) is 0 Å². The van der Waals surface area contributed by atoms with Gasteiger partial charge in [0.1, 0.15) is 0 Å². The fraction of sp³-hybridized carbons (Fsp3) is 0.188. The monoisotopic (exact) mass is 338 g/mol. The van der Waals surface area contributed by atoms with E-state index in [0.29, 0.717) is 15.2 Å². The van der Waals surface area contributed by atoms with E-state index in [2.05, 4.69) is 43.5 Å². The molecule has 2 aromatic carbocycles. The number of halogens is 2.